The third-order valence-electron chi connectivity index (χ3n) is 4.69. The molecule has 4 nitrogen and oxygen atoms in total. The van der Waals surface area contributed by atoms with E-state index in [1.807, 2.05) is 60.7 Å². The van der Waals surface area contributed by atoms with Gasteiger partial charge in [0, 0.05) is 12.5 Å². The first kappa shape index (κ1) is 17.2. The molecule has 27 heavy (non-hydrogen) atoms. The standard InChI is InChI=1S/C23H21NO3/c25-23(22-16-26-20-13-7-8-14-21(20)27-22)24-15-19(17-9-3-1-4-10-17)18-11-5-2-6-12-18/h1-14,19,22H,15-16H2,(H,24,25)/t22-/m0/s1. The molecule has 1 aliphatic rings. The highest BCUT2D eigenvalue weighted by Crippen LogP contribution is 2.31. The molecule has 3 aromatic rings. The van der Waals surface area contributed by atoms with Crippen molar-refractivity contribution >= 4 is 5.91 Å². The molecule has 0 fully saturated rings. The van der Waals surface area contributed by atoms with Crippen LogP contribution in [-0.4, -0.2) is 25.2 Å². The Bertz CT molecular complexity index is 856. The second-order valence-electron chi connectivity index (χ2n) is 6.48. The van der Waals surface area contributed by atoms with Gasteiger partial charge in [0.1, 0.15) is 6.61 Å². The molecule has 0 saturated carbocycles. The van der Waals surface area contributed by atoms with Gasteiger partial charge >= 0.3 is 0 Å². The fourth-order valence-electron chi connectivity index (χ4n) is 3.26. The van der Waals surface area contributed by atoms with Gasteiger partial charge in [-0.25, -0.2) is 0 Å². The average Bonchev–Trinajstić information content (AvgIpc) is 2.75. The van der Waals surface area contributed by atoms with E-state index in [2.05, 4.69) is 29.6 Å². The van der Waals surface area contributed by atoms with Crippen molar-refractivity contribution in [3.63, 3.8) is 0 Å². The maximum absolute atomic E-state index is 12.7. The number of benzene rings is 3. The molecule has 1 atom stereocenters. The average molecular weight is 359 g/mol. The lowest BCUT2D eigenvalue weighted by Gasteiger charge is -2.26. The van der Waals surface area contributed by atoms with Crippen molar-refractivity contribution < 1.29 is 14.3 Å². The number of para-hydroxylation sites is 2. The van der Waals surface area contributed by atoms with Gasteiger partial charge in [-0.3, -0.25) is 4.79 Å². The van der Waals surface area contributed by atoms with E-state index < -0.39 is 6.10 Å². The molecule has 0 radical (unpaired) electrons. The summed E-state index contributed by atoms with van der Waals surface area (Å²) in [7, 11) is 0. The number of nitrogens with one attached hydrogen (secondary N) is 1. The molecule has 1 heterocycles. The van der Waals surface area contributed by atoms with E-state index in [1.54, 1.807) is 0 Å². The maximum Gasteiger partial charge on any atom is 0.264 e. The topological polar surface area (TPSA) is 47.6 Å². The van der Waals surface area contributed by atoms with Crippen molar-refractivity contribution in [1.82, 2.24) is 5.32 Å². The van der Waals surface area contributed by atoms with Crippen LogP contribution in [0, 0.1) is 0 Å². The number of hydrogen-bond acceptors (Lipinski definition) is 3. The molecule has 3 aromatic carbocycles. The van der Waals surface area contributed by atoms with Crippen LogP contribution in [0.5, 0.6) is 11.5 Å². The van der Waals surface area contributed by atoms with Gasteiger partial charge in [0.25, 0.3) is 5.91 Å². The van der Waals surface area contributed by atoms with Gasteiger partial charge in [-0.1, -0.05) is 72.8 Å². The summed E-state index contributed by atoms with van der Waals surface area (Å²) in [6, 6.07) is 27.8. The summed E-state index contributed by atoms with van der Waals surface area (Å²) >= 11 is 0. The summed E-state index contributed by atoms with van der Waals surface area (Å²) in [5.41, 5.74) is 2.32. The van der Waals surface area contributed by atoms with Gasteiger partial charge in [0.2, 0.25) is 6.10 Å². The third kappa shape index (κ3) is 3.95. The van der Waals surface area contributed by atoms with Crippen LogP contribution < -0.4 is 14.8 Å². The molecule has 0 unspecified atom stereocenters. The zero-order chi connectivity index (χ0) is 18.5. The first-order valence-electron chi connectivity index (χ1n) is 9.07. The number of rotatable bonds is 5. The van der Waals surface area contributed by atoms with Gasteiger partial charge in [-0.05, 0) is 23.3 Å². The Balaban J connectivity index is 1.46. The van der Waals surface area contributed by atoms with E-state index in [9.17, 15) is 4.79 Å². The second kappa shape index (κ2) is 7.96. The monoisotopic (exact) mass is 359 g/mol. The maximum atomic E-state index is 12.7. The summed E-state index contributed by atoms with van der Waals surface area (Å²) in [6.45, 7) is 0.707. The minimum atomic E-state index is -0.646. The number of hydrogen-bond donors (Lipinski definition) is 1. The van der Waals surface area contributed by atoms with E-state index in [-0.39, 0.29) is 18.4 Å². The predicted octanol–water partition coefficient (Wildman–Crippen LogP) is 3.77. The van der Waals surface area contributed by atoms with Crippen LogP contribution in [0.15, 0.2) is 84.9 Å². The van der Waals surface area contributed by atoms with E-state index in [4.69, 9.17) is 9.47 Å². The molecule has 1 aliphatic heterocycles. The highest BCUT2D eigenvalue weighted by atomic mass is 16.6. The molecule has 1 amide bonds. The van der Waals surface area contributed by atoms with Crippen LogP contribution in [0.4, 0.5) is 0 Å². The number of carbonyl (C=O) groups excluding carboxylic acids is 1. The highest BCUT2D eigenvalue weighted by Gasteiger charge is 2.27. The molecule has 0 saturated heterocycles. The first-order chi connectivity index (χ1) is 13.3. The zero-order valence-corrected chi connectivity index (χ0v) is 14.9. The van der Waals surface area contributed by atoms with Crippen molar-refractivity contribution in [2.45, 2.75) is 12.0 Å². The lowest BCUT2D eigenvalue weighted by atomic mass is 9.91. The fourth-order valence-corrected chi connectivity index (χ4v) is 3.26. The summed E-state index contributed by atoms with van der Waals surface area (Å²) in [5.74, 6) is 1.19. The van der Waals surface area contributed by atoms with E-state index in [0.29, 0.717) is 18.0 Å². The van der Waals surface area contributed by atoms with Crippen molar-refractivity contribution in [3.8, 4) is 11.5 Å². The van der Waals surface area contributed by atoms with Gasteiger partial charge in [0.05, 0.1) is 0 Å². The summed E-state index contributed by atoms with van der Waals surface area (Å²) in [6.07, 6.45) is -0.646. The molecular weight excluding hydrogens is 338 g/mol. The Morgan fingerprint density at radius 1 is 0.852 bits per heavy atom. The van der Waals surface area contributed by atoms with Crippen LogP contribution in [0.25, 0.3) is 0 Å². The molecule has 1 N–H and O–H groups in total. The SMILES string of the molecule is O=C(NCC(c1ccccc1)c1ccccc1)[C@@H]1COc2ccccc2O1. The minimum absolute atomic E-state index is 0.0770. The Labute approximate surface area is 158 Å². The summed E-state index contributed by atoms with van der Waals surface area (Å²) in [5, 5.41) is 3.04. The van der Waals surface area contributed by atoms with Crippen molar-refractivity contribution in [3.05, 3.63) is 96.1 Å². The van der Waals surface area contributed by atoms with E-state index in [0.717, 1.165) is 11.1 Å². The van der Waals surface area contributed by atoms with Gasteiger partial charge < -0.3 is 14.8 Å². The molecular formula is C23H21NO3. The highest BCUT2D eigenvalue weighted by molar-refractivity contribution is 5.81. The number of ether oxygens (including phenoxy) is 2. The number of amides is 1. The lowest BCUT2D eigenvalue weighted by molar-refractivity contribution is -0.130. The van der Waals surface area contributed by atoms with Crippen LogP contribution in [-0.2, 0) is 4.79 Å². The lowest BCUT2D eigenvalue weighted by Crippen LogP contribution is -2.45. The van der Waals surface area contributed by atoms with Crippen LogP contribution in [0.3, 0.4) is 0 Å². The third-order valence-corrected chi connectivity index (χ3v) is 4.69. The van der Waals surface area contributed by atoms with Crippen LogP contribution in [0.2, 0.25) is 0 Å². The Kier molecular flexibility index (Phi) is 5.06. The predicted molar refractivity (Wildman–Crippen MR) is 104 cm³/mol. The van der Waals surface area contributed by atoms with Crippen molar-refractivity contribution in [2.24, 2.45) is 0 Å². The number of carbonyl (C=O) groups is 1. The zero-order valence-electron chi connectivity index (χ0n) is 14.9. The van der Waals surface area contributed by atoms with E-state index in [1.165, 1.54) is 0 Å². The Morgan fingerprint density at radius 2 is 1.41 bits per heavy atom. The smallest absolute Gasteiger partial charge is 0.264 e. The van der Waals surface area contributed by atoms with Gasteiger partial charge in [-0.15, -0.1) is 0 Å². The molecule has 4 heteroatoms. The molecule has 0 spiro atoms. The molecule has 136 valence electrons. The molecule has 0 aliphatic carbocycles. The second-order valence-corrected chi connectivity index (χ2v) is 6.48. The molecule has 4 rings (SSSR count). The summed E-state index contributed by atoms with van der Waals surface area (Å²) in [4.78, 5) is 12.7. The van der Waals surface area contributed by atoms with Gasteiger partial charge in [-0.2, -0.15) is 0 Å². The fraction of sp³-hybridized carbons (Fsp3) is 0.174. The summed E-state index contributed by atoms with van der Waals surface area (Å²) < 4.78 is 11.4. The normalized spacial score (nSPS) is 15.4. The molecule has 0 aromatic heterocycles. The number of fused-ring (bicyclic) bond motifs is 1. The van der Waals surface area contributed by atoms with E-state index >= 15 is 0 Å². The van der Waals surface area contributed by atoms with Crippen molar-refractivity contribution in [2.75, 3.05) is 13.2 Å². The largest absolute Gasteiger partial charge is 0.485 e. The first-order valence-corrected chi connectivity index (χ1v) is 9.07. The van der Waals surface area contributed by atoms with Crippen LogP contribution in [0.1, 0.15) is 17.0 Å². The minimum Gasteiger partial charge on any atom is -0.485 e. The van der Waals surface area contributed by atoms with Crippen molar-refractivity contribution in [1.29, 1.82) is 0 Å². The van der Waals surface area contributed by atoms with Gasteiger partial charge in [0.15, 0.2) is 11.5 Å². The quantitative estimate of drug-likeness (QED) is 0.754. The molecule has 0 bridgehead atoms. The van der Waals surface area contributed by atoms with Crippen LogP contribution >= 0.6 is 0 Å². The Morgan fingerprint density at radius 3 is 2.04 bits per heavy atom. The Hall–Kier alpha value is -3.27.